The van der Waals surface area contributed by atoms with Crippen LogP contribution < -0.4 is 10.6 Å². The summed E-state index contributed by atoms with van der Waals surface area (Å²) in [5.41, 5.74) is 5.63. The molecule has 1 atom stereocenters. The van der Waals surface area contributed by atoms with E-state index in [9.17, 15) is 5.11 Å². The number of hydrogen-bond acceptors (Lipinski definition) is 5. The first-order valence-electron chi connectivity index (χ1n) is 5.76. The number of aromatic nitrogens is 2. The Hall–Kier alpha value is -1.36. The first-order valence-corrected chi connectivity index (χ1v) is 5.76. The van der Waals surface area contributed by atoms with Gasteiger partial charge in [0.05, 0.1) is 25.0 Å². The van der Waals surface area contributed by atoms with Crippen LogP contribution in [0.5, 0.6) is 0 Å². The third-order valence-electron chi connectivity index (χ3n) is 3.02. The van der Waals surface area contributed by atoms with Gasteiger partial charge in [-0.25, -0.2) is 4.98 Å². The zero-order valence-corrected chi connectivity index (χ0v) is 9.34. The molecule has 0 bridgehead atoms. The SMILES string of the molecule is Nc1cncc(N2CCCCCC2CO)n1. The standard InChI is InChI=1S/C11H18N4O/c12-10-6-13-7-11(14-10)15-5-3-1-2-4-9(15)8-16/h6-7,9,16H,1-5,8H2,(H2,12,14). The number of nitrogen functional groups attached to an aromatic ring is 1. The molecule has 1 saturated heterocycles. The molecule has 0 aliphatic carbocycles. The zero-order valence-electron chi connectivity index (χ0n) is 9.34. The fourth-order valence-electron chi connectivity index (χ4n) is 2.18. The van der Waals surface area contributed by atoms with Gasteiger partial charge in [-0.05, 0) is 12.8 Å². The smallest absolute Gasteiger partial charge is 0.149 e. The summed E-state index contributed by atoms with van der Waals surface area (Å²) in [6.07, 6.45) is 7.76. The molecule has 1 unspecified atom stereocenters. The number of anilines is 2. The fourth-order valence-corrected chi connectivity index (χ4v) is 2.18. The van der Waals surface area contributed by atoms with E-state index < -0.39 is 0 Å². The van der Waals surface area contributed by atoms with E-state index >= 15 is 0 Å². The van der Waals surface area contributed by atoms with E-state index in [1.165, 1.54) is 12.6 Å². The normalized spacial score (nSPS) is 21.8. The summed E-state index contributed by atoms with van der Waals surface area (Å²) in [6, 6.07) is 0.151. The van der Waals surface area contributed by atoms with Crippen LogP contribution in [0.25, 0.3) is 0 Å². The van der Waals surface area contributed by atoms with E-state index in [1.807, 2.05) is 0 Å². The first kappa shape index (κ1) is 11.1. The van der Waals surface area contributed by atoms with Crippen molar-refractivity contribution in [2.24, 2.45) is 0 Å². The molecule has 0 radical (unpaired) electrons. The van der Waals surface area contributed by atoms with Gasteiger partial charge in [0, 0.05) is 6.54 Å². The lowest BCUT2D eigenvalue weighted by Gasteiger charge is -2.29. The van der Waals surface area contributed by atoms with Crippen molar-refractivity contribution in [3.05, 3.63) is 12.4 Å². The highest BCUT2D eigenvalue weighted by atomic mass is 16.3. The molecule has 0 spiro atoms. The second-order valence-electron chi connectivity index (χ2n) is 4.18. The molecule has 5 nitrogen and oxygen atoms in total. The molecular formula is C11H18N4O. The van der Waals surface area contributed by atoms with Gasteiger partial charge in [0.25, 0.3) is 0 Å². The number of aliphatic hydroxyl groups excluding tert-OH is 1. The van der Waals surface area contributed by atoms with Crippen LogP contribution in [0.4, 0.5) is 11.6 Å². The third-order valence-corrected chi connectivity index (χ3v) is 3.02. The Labute approximate surface area is 95.3 Å². The Bertz CT molecular complexity index is 345. The van der Waals surface area contributed by atoms with Crippen LogP contribution in [0.2, 0.25) is 0 Å². The Morgan fingerprint density at radius 2 is 2.25 bits per heavy atom. The zero-order chi connectivity index (χ0) is 11.4. The molecule has 1 aliphatic rings. The average molecular weight is 222 g/mol. The number of nitrogens with zero attached hydrogens (tertiary/aromatic N) is 3. The maximum atomic E-state index is 9.40. The van der Waals surface area contributed by atoms with E-state index in [4.69, 9.17) is 5.73 Å². The van der Waals surface area contributed by atoms with Crippen molar-refractivity contribution in [1.29, 1.82) is 0 Å². The van der Waals surface area contributed by atoms with Crippen LogP contribution in [0, 0.1) is 0 Å². The Morgan fingerprint density at radius 3 is 3.00 bits per heavy atom. The van der Waals surface area contributed by atoms with E-state index in [2.05, 4.69) is 14.9 Å². The predicted octanol–water partition coefficient (Wildman–Crippen LogP) is 0.800. The summed E-state index contributed by atoms with van der Waals surface area (Å²) >= 11 is 0. The molecule has 3 N–H and O–H groups in total. The molecule has 1 fully saturated rings. The molecule has 88 valence electrons. The average Bonchev–Trinajstić information content (AvgIpc) is 2.53. The molecule has 5 heteroatoms. The topological polar surface area (TPSA) is 75.3 Å². The monoisotopic (exact) mass is 222 g/mol. The van der Waals surface area contributed by atoms with Gasteiger partial charge in [0.2, 0.25) is 0 Å². The molecule has 0 aromatic carbocycles. The minimum absolute atomic E-state index is 0.151. The Kier molecular flexibility index (Phi) is 3.56. The summed E-state index contributed by atoms with van der Waals surface area (Å²) in [5.74, 6) is 1.21. The summed E-state index contributed by atoms with van der Waals surface area (Å²) < 4.78 is 0. The van der Waals surface area contributed by atoms with Crippen LogP contribution in [0.1, 0.15) is 25.7 Å². The molecule has 2 rings (SSSR count). The summed E-state index contributed by atoms with van der Waals surface area (Å²) in [4.78, 5) is 10.4. The van der Waals surface area contributed by atoms with Crippen molar-refractivity contribution in [3.8, 4) is 0 Å². The van der Waals surface area contributed by atoms with Gasteiger partial charge in [0.15, 0.2) is 0 Å². The highest BCUT2D eigenvalue weighted by Gasteiger charge is 2.21. The van der Waals surface area contributed by atoms with Crippen molar-refractivity contribution in [1.82, 2.24) is 9.97 Å². The predicted molar refractivity (Wildman–Crippen MR) is 63.1 cm³/mol. The van der Waals surface area contributed by atoms with E-state index in [0.717, 1.165) is 31.6 Å². The molecule has 1 aromatic heterocycles. The molecule has 1 aliphatic heterocycles. The molecule has 0 amide bonds. The van der Waals surface area contributed by atoms with Crippen LogP contribution in [0.15, 0.2) is 12.4 Å². The van der Waals surface area contributed by atoms with Gasteiger partial charge < -0.3 is 15.7 Å². The molecular weight excluding hydrogens is 204 g/mol. The van der Waals surface area contributed by atoms with Crippen LogP contribution in [0.3, 0.4) is 0 Å². The number of nitrogens with two attached hydrogens (primary N) is 1. The minimum atomic E-state index is 0.151. The van der Waals surface area contributed by atoms with Gasteiger partial charge >= 0.3 is 0 Å². The van der Waals surface area contributed by atoms with Crippen molar-refractivity contribution < 1.29 is 5.11 Å². The fraction of sp³-hybridized carbons (Fsp3) is 0.636. The van der Waals surface area contributed by atoms with Gasteiger partial charge in [-0.3, -0.25) is 4.98 Å². The van der Waals surface area contributed by atoms with Gasteiger partial charge in [-0.15, -0.1) is 0 Å². The van der Waals surface area contributed by atoms with Gasteiger partial charge in [-0.1, -0.05) is 12.8 Å². The maximum Gasteiger partial charge on any atom is 0.149 e. The third kappa shape index (κ3) is 2.41. The number of hydrogen-bond donors (Lipinski definition) is 2. The Morgan fingerprint density at radius 1 is 1.38 bits per heavy atom. The summed E-state index contributed by atoms with van der Waals surface area (Å²) in [7, 11) is 0. The second-order valence-corrected chi connectivity index (χ2v) is 4.18. The van der Waals surface area contributed by atoms with Crippen molar-refractivity contribution in [2.75, 3.05) is 23.8 Å². The van der Waals surface area contributed by atoms with Crippen LogP contribution in [-0.2, 0) is 0 Å². The lowest BCUT2D eigenvalue weighted by atomic mass is 10.1. The van der Waals surface area contributed by atoms with E-state index in [1.54, 1.807) is 6.20 Å². The molecule has 0 saturated carbocycles. The number of aliphatic hydroxyl groups is 1. The molecule has 2 heterocycles. The summed E-state index contributed by atoms with van der Waals surface area (Å²) in [6.45, 7) is 1.08. The highest BCUT2D eigenvalue weighted by Crippen LogP contribution is 2.22. The quantitative estimate of drug-likeness (QED) is 0.774. The summed E-state index contributed by atoms with van der Waals surface area (Å²) in [5, 5.41) is 9.40. The van der Waals surface area contributed by atoms with E-state index in [-0.39, 0.29) is 12.6 Å². The highest BCUT2D eigenvalue weighted by molar-refractivity contribution is 5.42. The van der Waals surface area contributed by atoms with Crippen LogP contribution in [-0.4, -0.2) is 34.3 Å². The van der Waals surface area contributed by atoms with Crippen molar-refractivity contribution in [3.63, 3.8) is 0 Å². The van der Waals surface area contributed by atoms with Crippen molar-refractivity contribution >= 4 is 11.6 Å². The van der Waals surface area contributed by atoms with E-state index in [0.29, 0.717) is 5.82 Å². The van der Waals surface area contributed by atoms with Gasteiger partial charge in [0.1, 0.15) is 11.6 Å². The molecule has 1 aromatic rings. The lowest BCUT2D eigenvalue weighted by Crippen LogP contribution is -2.38. The number of rotatable bonds is 2. The Balaban J connectivity index is 2.21. The largest absolute Gasteiger partial charge is 0.394 e. The minimum Gasteiger partial charge on any atom is -0.394 e. The lowest BCUT2D eigenvalue weighted by molar-refractivity contribution is 0.254. The van der Waals surface area contributed by atoms with Gasteiger partial charge in [-0.2, -0.15) is 0 Å². The van der Waals surface area contributed by atoms with Crippen molar-refractivity contribution in [2.45, 2.75) is 31.7 Å². The second kappa shape index (κ2) is 5.12. The maximum absolute atomic E-state index is 9.40. The molecule has 16 heavy (non-hydrogen) atoms. The first-order chi connectivity index (χ1) is 7.81. The van der Waals surface area contributed by atoms with Crippen LogP contribution >= 0.6 is 0 Å².